The van der Waals surface area contributed by atoms with E-state index in [-0.39, 0.29) is 24.5 Å². The number of hydrogen-bond acceptors (Lipinski definition) is 4. The van der Waals surface area contributed by atoms with Gasteiger partial charge in [0.25, 0.3) is 0 Å². The van der Waals surface area contributed by atoms with Gasteiger partial charge in [0.2, 0.25) is 5.91 Å². The summed E-state index contributed by atoms with van der Waals surface area (Å²) in [6.07, 6.45) is 4.96. The van der Waals surface area contributed by atoms with Gasteiger partial charge in [0.15, 0.2) is 5.78 Å². The predicted octanol–water partition coefficient (Wildman–Crippen LogP) is 2.11. The third kappa shape index (κ3) is 4.62. The molecule has 0 spiro atoms. The molecule has 0 aliphatic carbocycles. The quantitative estimate of drug-likeness (QED) is 0.598. The number of carbonyl (C=O) groups is 2. The van der Waals surface area contributed by atoms with E-state index < -0.39 is 0 Å². The Balaban J connectivity index is 1.57. The lowest BCUT2D eigenvalue weighted by Gasteiger charge is -2.05. The van der Waals surface area contributed by atoms with Gasteiger partial charge in [-0.3, -0.25) is 14.3 Å². The van der Waals surface area contributed by atoms with Gasteiger partial charge in [0, 0.05) is 38.3 Å². The van der Waals surface area contributed by atoms with Crippen molar-refractivity contribution in [2.24, 2.45) is 0 Å². The zero-order valence-electron chi connectivity index (χ0n) is 11.1. The number of carbonyl (C=O) groups excluding carboxylic acids is 2. The van der Waals surface area contributed by atoms with E-state index in [0.717, 1.165) is 17.8 Å². The number of nitrogens with one attached hydrogen (secondary N) is 1. The topological polar surface area (TPSA) is 64.0 Å². The minimum absolute atomic E-state index is 0.0340. The molecular formula is C14H17N3O2S. The first-order valence-corrected chi connectivity index (χ1v) is 7.44. The first-order valence-electron chi connectivity index (χ1n) is 6.56. The molecule has 0 saturated carbocycles. The van der Waals surface area contributed by atoms with E-state index in [4.69, 9.17) is 0 Å². The van der Waals surface area contributed by atoms with Crippen LogP contribution in [-0.2, 0) is 11.3 Å². The first-order chi connectivity index (χ1) is 9.75. The number of ketones is 1. The van der Waals surface area contributed by atoms with Gasteiger partial charge in [-0.25, -0.2) is 0 Å². The summed E-state index contributed by atoms with van der Waals surface area (Å²) >= 11 is 1.41. The Kier molecular flexibility index (Phi) is 5.49. The summed E-state index contributed by atoms with van der Waals surface area (Å²) in [6.45, 7) is 1.38. The van der Waals surface area contributed by atoms with Gasteiger partial charge in [0.1, 0.15) is 0 Å². The standard InChI is InChI=1S/C14H17N3O2S/c18-12(13-4-1-11-20-13)5-6-14(19)15-7-2-9-17-10-3-8-16-17/h1,3-4,8,10-11H,2,5-7,9H2,(H,15,19). The highest BCUT2D eigenvalue weighted by Crippen LogP contribution is 2.12. The average Bonchev–Trinajstić information content (AvgIpc) is 3.13. The van der Waals surface area contributed by atoms with Crippen LogP contribution in [0.2, 0.25) is 0 Å². The number of rotatable bonds is 8. The van der Waals surface area contributed by atoms with Crippen LogP contribution in [-0.4, -0.2) is 28.0 Å². The predicted molar refractivity (Wildman–Crippen MR) is 77.7 cm³/mol. The molecule has 0 atom stereocenters. The third-order valence-electron chi connectivity index (χ3n) is 2.82. The number of amides is 1. The second-order valence-corrected chi connectivity index (χ2v) is 5.32. The summed E-state index contributed by atoms with van der Waals surface area (Å²) < 4.78 is 1.83. The third-order valence-corrected chi connectivity index (χ3v) is 3.73. The molecule has 20 heavy (non-hydrogen) atoms. The van der Waals surface area contributed by atoms with E-state index in [1.165, 1.54) is 11.3 Å². The van der Waals surface area contributed by atoms with E-state index in [1.807, 2.05) is 28.4 Å². The van der Waals surface area contributed by atoms with E-state index in [9.17, 15) is 9.59 Å². The average molecular weight is 291 g/mol. The molecule has 1 N–H and O–H groups in total. The lowest BCUT2D eigenvalue weighted by atomic mass is 10.2. The Hall–Kier alpha value is -1.95. The molecule has 0 unspecified atom stereocenters. The summed E-state index contributed by atoms with van der Waals surface area (Å²) in [5, 5.41) is 8.76. The van der Waals surface area contributed by atoms with Crippen molar-refractivity contribution in [1.82, 2.24) is 15.1 Å². The van der Waals surface area contributed by atoms with Crippen LogP contribution in [0.15, 0.2) is 36.0 Å². The van der Waals surface area contributed by atoms with Gasteiger partial charge < -0.3 is 5.32 Å². The van der Waals surface area contributed by atoms with E-state index in [2.05, 4.69) is 10.4 Å². The molecule has 2 aromatic rings. The summed E-state index contributed by atoms with van der Waals surface area (Å²) in [5.74, 6) is -0.0398. The number of Topliss-reactive ketones (excluding diaryl/α,β-unsaturated/α-hetero) is 1. The van der Waals surface area contributed by atoms with Crippen LogP contribution in [0.4, 0.5) is 0 Å². The van der Waals surface area contributed by atoms with Crippen LogP contribution in [0.25, 0.3) is 0 Å². The minimum atomic E-state index is -0.0737. The lowest BCUT2D eigenvalue weighted by Crippen LogP contribution is -2.25. The largest absolute Gasteiger partial charge is 0.356 e. The Morgan fingerprint density at radius 2 is 2.20 bits per heavy atom. The zero-order chi connectivity index (χ0) is 14.2. The fourth-order valence-corrected chi connectivity index (χ4v) is 2.47. The maximum atomic E-state index is 11.7. The highest BCUT2D eigenvalue weighted by Gasteiger charge is 2.09. The van der Waals surface area contributed by atoms with Gasteiger partial charge in [0.05, 0.1) is 4.88 Å². The van der Waals surface area contributed by atoms with Crippen molar-refractivity contribution in [3.63, 3.8) is 0 Å². The van der Waals surface area contributed by atoms with Gasteiger partial charge in [-0.15, -0.1) is 11.3 Å². The van der Waals surface area contributed by atoms with Crippen molar-refractivity contribution in [2.75, 3.05) is 6.54 Å². The second kappa shape index (κ2) is 7.59. The number of nitrogens with zero attached hydrogens (tertiary/aromatic N) is 2. The van der Waals surface area contributed by atoms with Crippen molar-refractivity contribution in [1.29, 1.82) is 0 Å². The summed E-state index contributed by atoms with van der Waals surface area (Å²) in [7, 11) is 0. The molecule has 0 fully saturated rings. The molecule has 2 heterocycles. The van der Waals surface area contributed by atoms with Crippen molar-refractivity contribution in [3.8, 4) is 0 Å². The lowest BCUT2D eigenvalue weighted by molar-refractivity contribution is -0.121. The molecule has 106 valence electrons. The van der Waals surface area contributed by atoms with Crippen molar-refractivity contribution >= 4 is 23.0 Å². The Labute approximate surface area is 121 Å². The SMILES string of the molecule is O=C(CCC(=O)c1cccs1)NCCCn1cccn1. The van der Waals surface area contributed by atoms with Crippen LogP contribution in [0.3, 0.4) is 0 Å². The number of aryl methyl sites for hydroxylation is 1. The van der Waals surface area contributed by atoms with Gasteiger partial charge in [-0.05, 0) is 23.9 Å². The highest BCUT2D eigenvalue weighted by molar-refractivity contribution is 7.12. The molecule has 2 aromatic heterocycles. The molecule has 0 saturated heterocycles. The van der Waals surface area contributed by atoms with Crippen molar-refractivity contribution < 1.29 is 9.59 Å². The van der Waals surface area contributed by atoms with Crippen LogP contribution in [0.5, 0.6) is 0 Å². The Bertz CT molecular complexity index is 535. The van der Waals surface area contributed by atoms with Gasteiger partial charge in [-0.2, -0.15) is 5.10 Å². The molecule has 0 radical (unpaired) electrons. The molecule has 0 aliphatic rings. The van der Waals surface area contributed by atoms with E-state index in [1.54, 1.807) is 12.3 Å². The molecule has 0 bridgehead atoms. The van der Waals surface area contributed by atoms with Crippen molar-refractivity contribution in [3.05, 3.63) is 40.8 Å². The van der Waals surface area contributed by atoms with E-state index in [0.29, 0.717) is 6.54 Å². The van der Waals surface area contributed by atoms with Crippen LogP contribution >= 0.6 is 11.3 Å². The Morgan fingerprint density at radius 3 is 2.90 bits per heavy atom. The normalized spacial score (nSPS) is 10.4. The number of hydrogen-bond donors (Lipinski definition) is 1. The maximum absolute atomic E-state index is 11.7. The second-order valence-electron chi connectivity index (χ2n) is 4.37. The van der Waals surface area contributed by atoms with Crippen molar-refractivity contribution in [2.45, 2.75) is 25.8 Å². The summed E-state index contributed by atoms with van der Waals surface area (Å²) in [5.41, 5.74) is 0. The van der Waals surface area contributed by atoms with Gasteiger partial charge >= 0.3 is 0 Å². The molecule has 0 aromatic carbocycles. The number of aromatic nitrogens is 2. The zero-order valence-corrected chi connectivity index (χ0v) is 11.9. The fraction of sp³-hybridized carbons (Fsp3) is 0.357. The van der Waals surface area contributed by atoms with Gasteiger partial charge in [-0.1, -0.05) is 6.07 Å². The number of thiophene rings is 1. The highest BCUT2D eigenvalue weighted by atomic mass is 32.1. The van der Waals surface area contributed by atoms with Crippen LogP contribution < -0.4 is 5.32 Å². The van der Waals surface area contributed by atoms with Crippen LogP contribution in [0, 0.1) is 0 Å². The molecule has 0 aliphatic heterocycles. The molecule has 5 nitrogen and oxygen atoms in total. The Morgan fingerprint density at radius 1 is 1.30 bits per heavy atom. The smallest absolute Gasteiger partial charge is 0.220 e. The maximum Gasteiger partial charge on any atom is 0.220 e. The monoisotopic (exact) mass is 291 g/mol. The molecule has 2 rings (SSSR count). The molecule has 6 heteroatoms. The van der Waals surface area contributed by atoms with Crippen LogP contribution in [0.1, 0.15) is 28.9 Å². The van der Waals surface area contributed by atoms with E-state index >= 15 is 0 Å². The molecular weight excluding hydrogens is 274 g/mol. The first kappa shape index (κ1) is 14.5. The summed E-state index contributed by atoms with van der Waals surface area (Å²) in [4.78, 5) is 24.0. The minimum Gasteiger partial charge on any atom is -0.356 e. The summed E-state index contributed by atoms with van der Waals surface area (Å²) in [6, 6.07) is 5.50. The molecule has 1 amide bonds. The fourth-order valence-electron chi connectivity index (χ4n) is 1.78.